The molecule has 1 heterocycles. The highest BCUT2D eigenvalue weighted by molar-refractivity contribution is 7.89. The van der Waals surface area contributed by atoms with Crippen molar-refractivity contribution in [1.82, 2.24) is 4.31 Å². The van der Waals surface area contributed by atoms with Crippen molar-refractivity contribution >= 4 is 10.0 Å². The highest BCUT2D eigenvalue weighted by Gasteiger charge is 2.45. The zero-order valence-corrected chi connectivity index (χ0v) is 15.3. The van der Waals surface area contributed by atoms with Gasteiger partial charge in [0.1, 0.15) is 0 Å². The fraction of sp³-hybridized carbons (Fsp3) is 0.350. The first kappa shape index (κ1) is 17.7. The first-order valence-electron chi connectivity index (χ1n) is 8.44. The Kier molecular flexibility index (Phi) is 4.68. The molecule has 0 aromatic heterocycles. The van der Waals surface area contributed by atoms with Crippen LogP contribution >= 0.6 is 0 Å². The predicted octanol–water partition coefficient (Wildman–Crippen LogP) is 3.49. The van der Waals surface area contributed by atoms with Crippen LogP contribution < -0.4 is 0 Å². The normalized spacial score (nSPS) is 24.6. The van der Waals surface area contributed by atoms with E-state index in [1.54, 1.807) is 12.1 Å². The molecule has 1 aliphatic rings. The zero-order chi connectivity index (χ0) is 18.1. The summed E-state index contributed by atoms with van der Waals surface area (Å²) < 4.78 is 27.4. The zero-order valence-electron chi connectivity index (χ0n) is 14.5. The molecule has 25 heavy (non-hydrogen) atoms. The highest BCUT2D eigenvalue weighted by Crippen LogP contribution is 2.40. The van der Waals surface area contributed by atoms with E-state index in [4.69, 9.17) is 0 Å². The summed E-state index contributed by atoms with van der Waals surface area (Å²) in [7, 11) is -3.53. The molecule has 1 saturated heterocycles. The van der Waals surface area contributed by atoms with Gasteiger partial charge in [-0.1, -0.05) is 55.0 Å². The van der Waals surface area contributed by atoms with Crippen LogP contribution in [0.5, 0.6) is 0 Å². The van der Waals surface area contributed by atoms with Crippen LogP contribution in [0.15, 0.2) is 59.5 Å². The standard InChI is InChI=1S/C20H22N2O2S/c1-16-8-10-19(11-9-16)25(23,24)22-13-12-20(15-21,17(2)14-22)18-6-4-3-5-7-18/h3-11,17H,12-14H2,1-2H3/t17-,20+/m0/s1. The number of nitrogens with zero attached hydrogens (tertiary/aromatic N) is 2. The van der Waals surface area contributed by atoms with E-state index in [0.29, 0.717) is 24.4 Å². The van der Waals surface area contributed by atoms with Crippen LogP contribution in [0.3, 0.4) is 0 Å². The smallest absolute Gasteiger partial charge is 0.207 e. The minimum Gasteiger partial charge on any atom is -0.207 e. The summed E-state index contributed by atoms with van der Waals surface area (Å²) in [6.07, 6.45) is 0.500. The van der Waals surface area contributed by atoms with E-state index in [1.807, 2.05) is 56.3 Å². The number of hydrogen-bond acceptors (Lipinski definition) is 3. The molecule has 0 aliphatic carbocycles. The third-order valence-corrected chi connectivity index (χ3v) is 7.10. The van der Waals surface area contributed by atoms with E-state index in [2.05, 4.69) is 6.07 Å². The van der Waals surface area contributed by atoms with Crippen molar-refractivity contribution in [1.29, 1.82) is 5.26 Å². The second-order valence-corrected chi connectivity index (χ2v) is 8.71. The molecule has 3 rings (SSSR count). The molecule has 5 heteroatoms. The number of hydrogen-bond donors (Lipinski definition) is 0. The van der Waals surface area contributed by atoms with E-state index in [-0.39, 0.29) is 5.92 Å². The SMILES string of the molecule is Cc1ccc(S(=O)(=O)N2CC[C@](C#N)(c3ccccc3)[C@@H](C)C2)cc1. The topological polar surface area (TPSA) is 61.2 Å². The molecule has 4 nitrogen and oxygen atoms in total. The number of rotatable bonds is 3. The fourth-order valence-corrected chi connectivity index (χ4v) is 5.10. The predicted molar refractivity (Wildman–Crippen MR) is 97.5 cm³/mol. The maximum atomic E-state index is 12.9. The number of aryl methyl sites for hydroxylation is 1. The summed E-state index contributed by atoms with van der Waals surface area (Å²) in [5.74, 6) is -0.0890. The van der Waals surface area contributed by atoms with Crippen LogP contribution in [0.2, 0.25) is 0 Å². The molecule has 1 fully saturated rings. The summed E-state index contributed by atoms with van der Waals surface area (Å²) >= 11 is 0. The molecule has 130 valence electrons. The van der Waals surface area contributed by atoms with Gasteiger partial charge in [0, 0.05) is 13.1 Å². The van der Waals surface area contributed by atoms with Gasteiger partial charge in [0.25, 0.3) is 0 Å². The Balaban J connectivity index is 1.89. The summed E-state index contributed by atoms with van der Waals surface area (Å²) in [5, 5.41) is 9.88. The van der Waals surface area contributed by atoms with Gasteiger partial charge >= 0.3 is 0 Å². The lowest BCUT2D eigenvalue weighted by molar-refractivity contribution is 0.201. The van der Waals surface area contributed by atoms with Crippen LogP contribution in [0, 0.1) is 24.2 Å². The Morgan fingerprint density at radius 1 is 1.12 bits per heavy atom. The monoisotopic (exact) mass is 354 g/mol. The molecule has 0 radical (unpaired) electrons. The third-order valence-electron chi connectivity index (χ3n) is 5.22. The average molecular weight is 354 g/mol. The van der Waals surface area contributed by atoms with E-state index in [1.165, 1.54) is 4.31 Å². The molecule has 0 amide bonds. The van der Waals surface area contributed by atoms with E-state index < -0.39 is 15.4 Å². The number of benzene rings is 2. The van der Waals surface area contributed by atoms with E-state index in [9.17, 15) is 13.7 Å². The van der Waals surface area contributed by atoms with Crippen LogP contribution in [0.4, 0.5) is 0 Å². The minimum absolute atomic E-state index is 0.0890. The number of sulfonamides is 1. The molecule has 0 unspecified atom stereocenters. The Bertz CT molecular complexity index is 886. The lowest BCUT2D eigenvalue weighted by atomic mass is 9.68. The quantitative estimate of drug-likeness (QED) is 0.848. The van der Waals surface area contributed by atoms with Crippen LogP contribution in [0.25, 0.3) is 0 Å². The van der Waals surface area contributed by atoms with Gasteiger partial charge < -0.3 is 0 Å². The minimum atomic E-state index is -3.53. The molecule has 2 atom stereocenters. The van der Waals surface area contributed by atoms with Crippen molar-refractivity contribution in [3.8, 4) is 6.07 Å². The Hall–Kier alpha value is -2.16. The van der Waals surface area contributed by atoms with Crippen molar-refractivity contribution in [3.05, 3.63) is 65.7 Å². The molecule has 2 aromatic rings. The van der Waals surface area contributed by atoms with Gasteiger partial charge in [0.2, 0.25) is 10.0 Å². The third kappa shape index (κ3) is 3.08. The molecule has 0 spiro atoms. The average Bonchev–Trinajstić information content (AvgIpc) is 2.63. The molecule has 0 bridgehead atoms. The summed E-state index contributed by atoms with van der Waals surface area (Å²) in [5.41, 5.74) is 1.36. The second kappa shape index (κ2) is 6.62. The van der Waals surface area contributed by atoms with Gasteiger partial charge in [0.15, 0.2) is 0 Å². The molecular weight excluding hydrogens is 332 g/mol. The maximum absolute atomic E-state index is 12.9. The van der Waals surface area contributed by atoms with Gasteiger partial charge in [-0.3, -0.25) is 0 Å². The van der Waals surface area contributed by atoms with Crippen LogP contribution in [0.1, 0.15) is 24.5 Å². The lowest BCUT2D eigenvalue weighted by Gasteiger charge is -2.42. The Labute approximate surface area is 149 Å². The summed E-state index contributed by atoms with van der Waals surface area (Å²) in [4.78, 5) is 0.314. The van der Waals surface area contributed by atoms with Gasteiger partial charge in [-0.2, -0.15) is 9.57 Å². The summed E-state index contributed by atoms with van der Waals surface area (Å²) in [6.45, 7) is 4.59. The van der Waals surface area contributed by atoms with E-state index >= 15 is 0 Å². The van der Waals surface area contributed by atoms with Crippen molar-refractivity contribution in [2.24, 2.45) is 5.92 Å². The van der Waals surface area contributed by atoms with Gasteiger partial charge in [0.05, 0.1) is 16.4 Å². The van der Waals surface area contributed by atoms with Gasteiger partial charge in [-0.25, -0.2) is 8.42 Å². The van der Waals surface area contributed by atoms with Crippen LogP contribution in [-0.4, -0.2) is 25.8 Å². The highest BCUT2D eigenvalue weighted by atomic mass is 32.2. The van der Waals surface area contributed by atoms with Crippen LogP contribution in [-0.2, 0) is 15.4 Å². The molecular formula is C20H22N2O2S. The first-order valence-corrected chi connectivity index (χ1v) is 9.88. The second-order valence-electron chi connectivity index (χ2n) is 6.78. The van der Waals surface area contributed by atoms with Crippen molar-refractivity contribution in [2.75, 3.05) is 13.1 Å². The lowest BCUT2D eigenvalue weighted by Crippen LogP contribution is -2.50. The molecule has 0 saturated carbocycles. The van der Waals surface area contributed by atoms with E-state index in [0.717, 1.165) is 11.1 Å². The first-order chi connectivity index (χ1) is 11.9. The molecule has 2 aromatic carbocycles. The van der Waals surface area contributed by atoms with Crippen molar-refractivity contribution < 1.29 is 8.42 Å². The van der Waals surface area contributed by atoms with Gasteiger partial charge in [-0.15, -0.1) is 0 Å². The Morgan fingerprint density at radius 3 is 2.32 bits per heavy atom. The summed E-state index contributed by atoms with van der Waals surface area (Å²) in [6, 6.07) is 19.1. The number of nitriles is 1. The van der Waals surface area contributed by atoms with Crippen molar-refractivity contribution in [3.63, 3.8) is 0 Å². The largest absolute Gasteiger partial charge is 0.243 e. The van der Waals surface area contributed by atoms with Crippen molar-refractivity contribution in [2.45, 2.75) is 30.6 Å². The number of piperidine rings is 1. The Morgan fingerprint density at radius 2 is 1.76 bits per heavy atom. The van der Waals surface area contributed by atoms with Gasteiger partial charge in [-0.05, 0) is 37.0 Å². The fourth-order valence-electron chi connectivity index (χ4n) is 3.57. The maximum Gasteiger partial charge on any atom is 0.243 e. The molecule has 1 aliphatic heterocycles. The molecule has 0 N–H and O–H groups in total.